The van der Waals surface area contributed by atoms with E-state index in [4.69, 9.17) is 28.6 Å². The van der Waals surface area contributed by atoms with Gasteiger partial charge >= 0.3 is 0 Å². The van der Waals surface area contributed by atoms with Crippen molar-refractivity contribution in [3.05, 3.63) is 76.3 Å². The van der Waals surface area contributed by atoms with Crippen LogP contribution in [0.2, 0.25) is 5.02 Å². The number of aryl methyl sites for hydroxylation is 2. The van der Waals surface area contributed by atoms with E-state index in [1.54, 1.807) is 31.4 Å². The zero-order valence-electron chi connectivity index (χ0n) is 17.6. The van der Waals surface area contributed by atoms with Gasteiger partial charge in [0, 0.05) is 11.3 Å². The Morgan fingerprint density at radius 3 is 2.38 bits per heavy atom. The second-order valence-corrected chi connectivity index (χ2v) is 8.05. The maximum atomic E-state index is 12.4. The summed E-state index contributed by atoms with van der Waals surface area (Å²) in [5.74, 6) is 0.305. The first-order chi connectivity index (χ1) is 15.3. The van der Waals surface area contributed by atoms with Crippen LogP contribution in [0.4, 0.5) is 5.69 Å². The Balaban J connectivity index is 1.54. The number of aromatic nitrogens is 3. The number of fused-ring (bicyclic) bond motifs is 1. The minimum Gasteiger partial charge on any atom is -0.495 e. The van der Waals surface area contributed by atoms with E-state index in [1.807, 2.05) is 44.2 Å². The third-order valence-electron chi connectivity index (χ3n) is 4.88. The van der Waals surface area contributed by atoms with Gasteiger partial charge in [-0.05, 0) is 74.1 Å². The molecular weight excluding hydrogens is 446 g/mol. The van der Waals surface area contributed by atoms with Crippen molar-refractivity contribution in [3.8, 4) is 11.4 Å². The summed E-state index contributed by atoms with van der Waals surface area (Å²) in [7, 11) is 1.56. The molecule has 0 saturated heterocycles. The van der Waals surface area contributed by atoms with Crippen molar-refractivity contribution < 1.29 is 9.53 Å². The molecule has 162 valence electrons. The zero-order chi connectivity index (χ0) is 22.8. The third kappa shape index (κ3) is 4.56. The van der Waals surface area contributed by atoms with Gasteiger partial charge in [-0.3, -0.25) is 10.1 Å². The Kier molecular flexibility index (Phi) is 6.07. The minimum absolute atomic E-state index is 0.201. The van der Waals surface area contributed by atoms with Gasteiger partial charge in [0.2, 0.25) is 0 Å². The van der Waals surface area contributed by atoms with Crippen LogP contribution in [0.25, 0.3) is 16.7 Å². The quantitative estimate of drug-likeness (QED) is 0.420. The van der Waals surface area contributed by atoms with Gasteiger partial charge in [0.25, 0.3) is 5.91 Å². The first-order valence-electron chi connectivity index (χ1n) is 9.74. The Morgan fingerprint density at radius 2 is 1.72 bits per heavy atom. The fourth-order valence-electron chi connectivity index (χ4n) is 3.13. The van der Waals surface area contributed by atoms with Crippen molar-refractivity contribution in [2.24, 2.45) is 0 Å². The molecule has 1 amide bonds. The van der Waals surface area contributed by atoms with Crippen LogP contribution in [0.1, 0.15) is 21.5 Å². The Labute approximate surface area is 195 Å². The number of halogens is 1. The Hall–Kier alpha value is -3.49. The highest BCUT2D eigenvalue weighted by Crippen LogP contribution is 2.27. The first-order valence-corrected chi connectivity index (χ1v) is 10.5. The van der Waals surface area contributed by atoms with Crippen LogP contribution in [0.15, 0.2) is 54.6 Å². The van der Waals surface area contributed by atoms with Crippen LogP contribution in [0.3, 0.4) is 0 Å². The number of hydrogen-bond acceptors (Lipinski definition) is 5. The average molecular weight is 466 g/mol. The molecule has 9 heteroatoms. The molecule has 0 spiro atoms. The summed E-state index contributed by atoms with van der Waals surface area (Å²) in [6.07, 6.45) is 0. The number of nitrogens with one attached hydrogen (secondary N) is 2. The van der Waals surface area contributed by atoms with Crippen LogP contribution in [-0.4, -0.2) is 33.1 Å². The molecule has 4 aromatic rings. The Morgan fingerprint density at radius 1 is 1.03 bits per heavy atom. The number of benzene rings is 3. The molecule has 0 unspecified atom stereocenters. The lowest BCUT2D eigenvalue weighted by molar-refractivity contribution is 0.0977. The summed E-state index contributed by atoms with van der Waals surface area (Å²) in [5.41, 5.74) is 5.34. The maximum absolute atomic E-state index is 12.4. The first kappa shape index (κ1) is 21.7. The summed E-state index contributed by atoms with van der Waals surface area (Å²) < 4.78 is 5.19. The number of anilines is 1. The smallest absolute Gasteiger partial charge is 0.257 e. The monoisotopic (exact) mass is 465 g/mol. The molecule has 0 radical (unpaired) electrons. The number of thiocarbonyl (C=S) groups is 1. The number of methoxy groups -OCH3 is 1. The van der Waals surface area contributed by atoms with E-state index in [1.165, 1.54) is 4.80 Å². The van der Waals surface area contributed by atoms with Crippen LogP contribution in [0.5, 0.6) is 5.75 Å². The molecule has 0 atom stereocenters. The van der Waals surface area contributed by atoms with E-state index in [-0.39, 0.29) is 11.0 Å². The minimum atomic E-state index is -0.274. The summed E-state index contributed by atoms with van der Waals surface area (Å²) in [6.45, 7) is 3.89. The molecule has 0 aliphatic heterocycles. The number of nitrogens with zero attached hydrogens (tertiary/aromatic N) is 3. The van der Waals surface area contributed by atoms with E-state index in [2.05, 4.69) is 20.8 Å². The lowest BCUT2D eigenvalue weighted by Crippen LogP contribution is -2.34. The average Bonchev–Trinajstić information content (AvgIpc) is 3.17. The van der Waals surface area contributed by atoms with E-state index >= 15 is 0 Å². The van der Waals surface area contributed by atoms with Crippen molar-refractivity contribution >= 4 is 51.6 Å². The highest BCUT2D eigenvalue weighted by atomic mass is 35.5. The second kappa shape index (κ2) is 8.94. The highest BCUT2D eigenvalue weighted by molar-refractivity contribution is 7.80. The van der Waals surface area contributed by atoms with Gasteiger partial charge in [0.05, 0.1) is 17.8 Å². The Bertz CT molecular complexity index is 1330. The standard InChI is InChI=1S/C23H20ClN5O2S/c1-13-4-6-15(7-5-13)22(30)26-23(32)25-18-12-20-19(10-14(18)2)27-29(28-20)16-8-9-21(31-3)17(24)11-16/h4-12H,1-3H3,(H2,25,26,30,32). The van der Waals surface area contributed by atoms with Crippen LogP contribution in [0, 0.1) is 13.8 Å². The lowest BCUT2D eigenvalue weighted by atomic mass is 10.1. The fraction of sp³-hybridized carbons (Fsp3) is 0.130. The summed E-state index contributed by atoms with van der Waals surface area (Å²) >= 11 is 11.6. The SMILES string of the molecule is COc1ccc(-n2nc3cc(C)c(NC(=S)NC(=O)c4ccc(C)cc4)cc3n2)cc1Cl. The second-order valence-electron chi connectivity index (χ2n) is 7.24. The summed E-state index contributed by atoms with van der Waals surface area (Å²) in [4.78, 5) is 13.9. The van der Waals surface area contributed by atoms with Crippen LogP contribution in [-0.2, 0) is 0 Å². The number of rotatable bonds is 4. The van der Waals surface area contributed by atoms with Crippen molar-refractivity contribution in [1.29, 1.82) is 0 Å². The van der Waals surface area contributed by atoms with Gasteiger partial charge < -0.3 is 10.1 Å². The topological polar surface area (TPSA) is 81.1 Å². The predicted octanol–water partition coefficient (Wildman–Crippen LogP) is 4.83. The molecule has 1 aromatic heterocycles. The van der Waals surface area contributed by atoms with E-state index in [9.17, 15) is 4.79 Å². The van der Waals surface area contributed by atoms with Gasteiger partial charge in [0.1, 0.15) is 16.8 Å². The van der Waals surface area contributed by atoms with Crippen molar-refractivity contribution in [1.82, 2.24) is 20.3 Å². The number of ether oxygens (including phenoxy) is 1. The molecule has 0 bridgehead atoms. The molecule has 2 N–H and O–H groups in total. The maximum Gasteiger partial charge on any atom is 0.257 e. The fourth-order valence-corrected chi connectivity index (χ4v) is 3.59. The van der Waals surface area contributed by atoms with Gasteiger partial charge in [0.15, 0.2) is 5.11 Å². The molecule has 0 saturated carbocycles. The molecule has 3 aromatic carbocycles. The number of carbonyl (C=O) groups excluding carboxylic acids is 1. The van der Waals surface area contributed by atoms with Gasteiger partial charge in [-0.1, -0.05) is 29.3 Å². The third-order valence-corrected chi connectivity index (χ3v) is 5.38. The molecule has 4 rings (SSSR count). The molecule has 1 heterocycles. The van der Waals surface area contributed by atoms with Gasteiger partial charge in [-0.2, -0.15) is 4.80 Å². The summed E-state index contributed by atoms with van der Waals surface area (Å²) in [5, 5.41) is 15.5. The summed E-state index contributed by atoms with van der Waals surface area (Å²) in [6, 6.07) is 16.3. The van der Waals surface area contributed by atoms with Crippen molar-refractivity contribution in [3.63, 3.8) is 0 Å². The number of amides is 1. The molecule has 0 fully saturated rings. The molecular formula is C23H20ClN5O2S. The predicted molar refractivity (Wildman–Crippen MR) is 130 cm³/mol. The van der Waals surface area contributed by atoms with Gasteiger partial charge in [-0.25, -0.2) is 0 Å². The van der Waals surface area contributed by atoms with E-state index in [0.29, 0.717) is 27.5 Å². The molecule has 0 aliphatic rings. The molecule has 0 aliphatic carbocycles. The normalized spacial score (nSPS) is 10.8. The number of hydrogen-bond donors (Lipinski definition) is 2. The lowest BCUT2D eigenvalue weighted by Gasteiger charge is -2.11. The van der Waals surface area contributed by atoms with Crippen LogP contribution >= 0.6 is 23.8 Å². The van der Waals surface area contributed by atoms with Gasteiger partial charge in [-0.15, -0.1) is 10.2 Å². The largest absolute Gasteiger partial charge is 0.495 e. The van der Waals surface area contributed by atoms with E-state index in [0.717, 1.165) is 22.3 Å². The molecule has 32 heavy (non-hydrogen) atoms. The van der Waals surface area contributed by atoms with Crippen molar-refractivity contribution in [2.45, 2.75) is 13.8 Å². The molecule has 7 nitrogen and oxygen atoms in total. The van der Waals surface area contributed by atoms with E-state index < -0.39 is 0 Å². The van der Waals surface area contributed by atoms with Crippen molar-refractivity contribution in [2.75, 3.05) is 12.4 Å². The van der Waals surface area contributed by atoms with Crippen LogP contribution < -0.4 is 15.4 Å². The number of carbonyl (C=O) groups is 1. The zero-order valence-corrected chi connectivity index (χ0v) is 19.2. The highest BCUT2D eigenvalue weighted by Gasteiger charge is 2.12.